The molecule has 0 fully saturated rings. The van der Waals surface area contributed by atoms with Crippen molar-refractivity contribution in [2.24, 2.45) is 5.92 Å². The van der Waals surface area contributed by atoms with Crippen LogP contribution in [0.4, 0.5) is 0 Å². The fourth-order valence-corrected chi connectivity index (χ4v) is 4.15. The Morgan fingerprint density at radius 3 is 2.57 bits per heavy atom. The van der Waals surface area contributed by atoms with Gasteiger partial charge in [-0.05, 0) is 60.7 Å². The number of aryl methyl sites for hydroxylation is 1. The molecule has 0 bridgehead atoms. The van der Waals surface area contributed by atoms with Crippen LogP contribution in [-0.4, -0.2) is 4.98 Å². The zero-order valence-corrected chi connectivity index (χ0v) is 16.5. The van der Waals surface area contributed by atoms with Gasteiger partial charge in [0.2, 0.25) is 0 Å². The Morgan fingerprint density at radius 1 is 0.857 bits per heavy atom. The Balaban J connectivity index is 1.75. The van der Waals surface area contributed by atoms with Crippen molar-refractivity contribution in [3.8, 4) is 11.3 Å². The number of aromatic nitrogens is 1. The summed E-state index contributed by atoms with van der Waals surface area (Å²) in [6, 6.07) is 23.4. The molecule has 0 unspecified atom stereocenters. The summed E-state index contributed by atoms with van der Waals surface area (Å²) in [6.07, 6.45) is 1.07. The maximum atomic E-state index is 6.24. The highest BCUT2D eigenvalue weighted by molar-refractivity contribution is 6.09. The zero-order chi connectivity index (χ0) is 19.3. The summed E-state index contributed by atoms with van der Waals surface area (Å²) in [4.78, 5) is 5.01. The van der Waals surface area contributed by atoms with E-state index in [2.05, 4.69) is 75.4 Å². The lowest BCUT2D eigenvalue weighted by molar-refractivity contribution is 0.650. The lowest BCUT2D eigenvalue weighted by Crippen LogP contribution is -1.96. The molecule has 28 heavy (non-hydrogen) atoms. The van der Waals surface area contributed by atoms with Crippen LogP contribution in [0.15, 0.2) is 71.1 Å². The van der Waals surface area contributed by atoms with E-state index in [1.165, 1.54) is 16.5 Å². The van der Waals surface area contributed by atoms with Crippen LogP contribution in [-0.2, 0) is 6.42 Å². The number of nitrogens with zero attached hydrogens (tertiary/aromatic N) is 1. The second-order valence-corrected chi connectivity index (χ2v) is 8.07. The molecule has 5 aromatic rings. The monoisotopic (exact) mass is 365 g/mol. The van der Waals surface area contributed by atoms with E-state index in [0.717, 1.165) is 45.1 Å². The number of fused-ring (bicyclic) bond motifs is 4. The summed E-state index contributed by atoms with van der Waals surface area (Å²) in [5, 5.41) is 3.55. The molecule has 0 saturated heterocycles. The summed E-state index contributed by atoms with van der Waals surface area (Å²) in [5.41, 5.74) is 7.47. The van der Waals surface area contributed by atoms with Crippen LogP contribution < -0.4 is 0 Å². The van der Waals surface area contributed by atoms with Gasteiger partial charge in [-0.2, -0.15) is 0 Å². The number of furan rings is 1. The number of rotatable bonds is 3. The van der Waals surface area contributed by atoms with Crippen molar-refractivity contribution in [1.29, 1.82) is 0 Å². The predicted molar refractivity (Wildman–Crippen MR) is 118 cm³/mol. The van der Waals surface area contributed by atoms with Crippen molar-refractivity contribution in [1.82, 2.24) is 4.98 Å². The smallest absolute Gasteiger partial charge is 0.144 e. The quantitative estimate of drug-likeness (QED) is 0.335. The van der Waals surface area contributed by atoms with Crippen LogP contribution in [0.25, 0.3) is 44.1 Å². The van der Waals surface area contributed by atoms with Crippen molar-refractivity contribution in [2.45, 2.75) is 27.2 Å². The molecule has 0 atom stereocenters. The van der Waals surface area contributed by atoms with E-state index in [0.29, 0.717) is 5.92 Å². The lowest BCUT2D eigenvalue weighted by Gasteiger charge is -2.10. The van der Waals surface area contributed by atoms with Gasteiger partial charge in [0.25, 0.3) is 0 Å². The maximum absolute atomic E-state index is 6.24. The van der Waals surface area contributed by atoms with Crippen molar-refractivity contribution in [2.75, 3.05) is 0 Å². The molecule has 2 nitrogen and oxygen atoms in total. The summed E-state index contributed by atoms with van der Waals surface area (Å²) in [7, 11) is 0. The lowest BCUT2D eigenvalue weighted by atomic mass is 9.97. The van der Waals surface area contributed by atoms with Crippen LogP contribution in [0.1, 0.15) is 25.0 Å². The number of para-hydroxylation sites is 1. The van der Waals surface area contributed by atoms with E-state index in [4.69, 9.17) is 9.40 Å². The molecule has 0 spiro atoms. The standard InChI is InChI=1S/C26H23NO/c1-16(2)13-18-7-6-9-23-19(18)11-12-24(27-23)22-15-17(3)14-21-20-8-4-5-10-25(20)28-26(21)22/h4-12,14-16H,13H2,1-3H3. The first kappa shape index (κ1) is 17.0. The van der Waals surface area contributed by atoms with Crippen LogP contribution in [0, 0.1) is 12.8 Å². The molecule has 2 heteroatoms. The molecule has 0 aliphatic heterocycles. The highest BCUT2D eigenvalue weighted by Crippen LogP contribution is 2.36. The molecule has 0 radical (unpaired) electrons. The van der Waals surface area contributed by atoms with Crippen LogP contribution >= 0.6 is 0 Å². The number of pyridine rings is 1. The SMILES string of the molecule is Cc1cc(-c2ccc3c(CC(C)C)cccc3n2)c2oc3ccccc3c2c1. The van der Waals surface area contributed by atoms with E-state index in [1.807, 2.05) is 12.1 Å². The van der Waals surface area contributed by atoms with Crippen LogP contribution in [0.3, 0.4) is 0 Å². The first-order valence-corrected chi connectivity index (χ1v) is 9.91. The highest BCUT2D eigenvalue weighted by Gasteiger charge is 2.15. The van der Waals surface area contributed by atoms with Gasteiger partial charge < -0.3 is 4.42 Å². The van der Waals surface area contributed by atoms with Crippen molar-refractivity contribution in [3.05, 3.63) is 77.9 Å². The van der Waals surface area contributed by atoms with E-state index >= 15 is 0 Å². The van der Waals surface area contributed by atoms with E-state index in [-0.39, 0.29) is 0 Å². The molecular formula is C26H23NO. The largest absolute Gasteiger partial charge is 0.455 e. The van der Waals surface area contributed by atoms with Crippen LogP contribution in [0.2, 0.25) is 0 Å². The van der Waals surface area contributed by atoms with E-state index < -0.39 is 0 Å². The predicted octanol–water partition coefficient (Wildman–Crippen LogP) is 7.31. The molecule has 3 aromatic carbocycles. The Hall–Kier alpha value is -3.13. The third-order valence-corrected chi connectivity index (χ3v) is 5.35. The Morgan fingerprint density at radius 2 is 1.71 bits per heavy atom. The van der Waals surface area contributed by atoms with Gasteiger partial charge >= 0.3 is 0 Å². The molecule has 0 aliphatic rings. The summed E-state index contributed by atoms with van der Waals surface area (Å²) in [5.74, 6) is 0.622. The summed E-state index contributed by atoms with van der Waals surface area (Å²) >= 11 is 0. The molecule has 2 aromatic heterocycles. The average Bonchev–Trinajstić information content (AvgIpc) is 3.05. The van der Waals surface area contributed by atoms with Crippen molar-refractivity contribution in [3.63, 3.8) is 0 Å². The molecule has 2 heterocycles. The molecule has 138 valence electrons. The topological polar surface area (TPSA) is 26.0 Å². The molecule has 0 N–H and O–H groups in total. The third kappa shape index (κ3) is 2.77. The minimum atomic E-state index is 0.622. The molecule has 5 rings (SSSR count). The van der Waals surface area contributed by atoms with Crippen molar-refractivity contribution >= 4 is 32.8 Å². The molecule has 0 aliphatic carbocycles. The fraction of sp³-hybridized carbons (Fsp3) is 0.192. The van der Waals surface area contributed by atoms with Gasteiger partial charge in [0.1, 0.15) is 11.2 Å². The summed E-state index contributed by atoms with van der Waals surface area (Å²) in [6.45, 7) is 6.64. The first-order valence-electron chi connectivity index (χ1n) is 9.91. The first-order chi connectivity index (χ1) is 13.6. The van der Waals surface area contributed by atoms with Gasteiger partial charge in [-0.1, -0.05) is 50.2 Å². The van der Waals surface area contributed by atoms with Gasteiger partial charge in [-0.15, -0.1) is 0 Å². The van der Waals surface area contributed by atoms with E-state index in [9.17, 15) is 0 Å². The Bertz CT molecular complexity index is 1330. The second kappa shape index (κ2) is 6.49. The third-order valence-electron chi connectivity index (χ3n) is 5.35. The molecule has 0 saturated carbocycles. The average molecular weight is 365 g/mol. The summed E-state index contributed by atoms with van der Waals surface area (Å²) < 4.78 is 6.24. The number of benzene rings is 3. The minimum Gasteiger partial charge on any atom is -0.455 e. The number of hydrogen-bond acceptors (Lipinski definition) is 2. The Kier molecular flexibility index (Phi) is 3.94. The number of hydrogen-bond donors (Lipinski definition) is 0. The van der Waals surface area contributed by atoms with Gasteiger partial charge in [0.05, 0.1) is 11.2 Å². The van der Waals surface area contributed by atoms with Gasteiger partial charge in [0, 0.05) is 21.7 Å². The zero-order valence-electron chi connectivity index (χ0n) is 16.5. The van der Waals surface area contributed by atoms with Crippen molar-refractivity contribution < 1.29 is 4.42 Å². The van der Waals surface area contributed by atoms with Crippen LogP contribution in [0.5, 0.6) is 0 Å². The molecule has 0 amide bonds. The van der Waals surface area contributed by atoms with Gasteiger partial charge in [0.15, 0.2) is 0 Å². The van der Waals surface area contributed by atoms with Gasteiger partial charge in [-0.25, -0.2) is 4.98 Å². The fourth-order valence-electron chi connectivity index (χ4n) is 4.15. The Labute approximate surface area is 164 Å². The minimum absolute atomic E-state index is 0.622. The van der Waals surface area contributed by atoms with Gasteiger partial charge in [-0.3, -0.25) is 0 Å². The van der Waals surface area contributed by atoms with E-state index in [1.54, 1.807) is 0 Å². The highest BCUT2D eigenvalue weighted by atomic mass is 16.3. The maximum Gasteiger partial charge on any atom is 0.144 e. The molecular weight excluding hydrogens is 342 g/mol. The second-order valence-electron chi connectivity index (χ2n) is 8.07. The normalized spacial score (nSPS) is 11.9.